The second-order valence-corrected chi connectivity index (χ2v) is 6.71. The molecule has 7 heteroatoms. The number of ether oxygens (including phenoxy) is 2. The van der Waals surface area contributed by atoms with Crippen molar-refractivity contribution >= 4 is 12.2 Å². The molecule has 1 N–H and O–H groups in total. The minimum atomic E-state index is 0.401. The van der Waals surface area contributed by atoms with Gasteiger partial charge in [0.05, 0.1) is 27.3 Å². The normalized spacial score (nSPS) is 20.8. The van der Waals surface area contributed by atoms with E-state index in [-0.39, 0.29) is 0 Å². The Balaban J connectivity index is 1.82. The van der Waals surface area contributed by atoms with Gasteiger partial charge in [-0.05, 0) is 43.1 Å². The predicted molar refractivity (Wildman–Crippen MR) is 93.0 cm³/mol. The fourth-order valence-electron chi connectivity index (χ4n) is 2.99. The van der Waals surface area contributed by atoms with Crippen molar-refractivity contribution < 1.29 is 18.8 Å². The molecule has 24 heavy (non-hydrogen) atoms. The summed E-state index contributed by atoms with van der Waals surface area (Å²) in [5, 5.41) is 4.56. The number of likely N-dealkylation sites (tertiary alicyclic amines) is 1. The SMILES string of the molecule is COc1cc(OC)cc(-c2nn(C[NH+]3CCC(C)CC3)c(=S)o2)c1. The molecule has 1 aliphatic heterocycles. The molecule has 0 amide bonds. The lowest BCUT2D eigenvalue weighted by Gasteiger charge is -2.26. The second kappa shape index (κ2) is 7.36. The fraction of sp³-hybridized carbons (Fsp3) is 0.529. The van der Waals surface area contributed by atoms with Crippen LogP contribution in [0.1, 0.15) is 19.8 Å². The van der Waals surface area contributed by atoms with Gasteiger partial charge >= 0.3 is 0 Å². The van der Waals surface area contributed by atoms with Crippen molar-refractivity contribution in [3.05, 3.63) is 23.0 Å². The van der Waals surface area contributed by atoms with E-state index < -0.39 is 0 Å². The highest BCUT2D eigenvalue weighted by molar-refractivity contribution is 7.71. The molecule has 0 atom stereocenters. The molecule has 1 aliphatic rings. The van der Waals surface area contributed by atoms with Crippen LogP contribution in [0.15, 0.2) is 22.6 Å². The molecule has 3 rings (SSSR count). The molecule has 0 radical (unpaired) electrons. The van der Waals surface area contributed by atoms with Crippen LogP contribution in [0.3, 0.4) is 0 Å². The molecule has 1 saturated heterocycles. The Morgan fingerprint density at radius 3 is 2.42 bits per heavy atom. The molecule has 0 saturated carbocycles. The van der Waals surface area contributed by atoms with E-state index in [1.165, 1.54) is 17.7 Å². The Bertz CT molecular complexity index is 726. The van der Waals surface area contributed by atoms with Gasteiger partial charge in [0, 0.05) is 11.6 Å². The van der Waals surface area contributed by atoms with Gasteiger partial charge in [-0.2, -0.15) is 4.68 Å². The molecule has 2 aromatic rings. The molecular weight excluding hydrogens is 326 g/mol. The Hall–Kier alpha value is -1.86. The highest BCUT2D eigenvalue weighted by Crippen LogP contribution is 2.28. The molecule has 1 aromatic carbocycles. The van der Waals surface area contributed by atoms with Crippen LogP contribution in [0, 0.1) is 10.8 Å². The third-order valence-corrected chi connectivity index (χ3v) is 4.85. The molecule has 0 spiro atoms. The van der Waals surface area contributed by atoms with Gasteiger partial charge in [0.2, 0.25) is 5.89 Å². The third kappa shape index (κ3) is 3.79. The summed E-state index contributed by atoms with van der Waals surface area (Å²) in [4.78, 5) is 1.89. The number of hydrogen-bond acceptors (Lipinski definition) is 5. The zero-order chi connectivity index (χ0) is 17.1. The third-order valence-electron chi connectivity index (χ3n) is 4.56. The lowest BCUT2D eigenvalue weighted by Crippen LogP contribution is -3.12. The lowest BCUT2D eigenvalue weighted by molar-refractivity contribution is -0.929. The van der Waals surface area contributed by atoms with Crippen molar-refractivity contribution in [3.8, 4) is 23.0 Å². The summed E-state index contributed by atoms with van der Waals surface area (Å²) in [6.45, 7) is 5.36. The molecule has 130 valence electrons. The van der Waals surface area contributed by atoms with Crippen molar-refractivity contribution in [1.82, 2.24) is 9.78 Å². The summed E-state index contributed by atoms with van der Waals surface area (Å²) in [6, 6.07) is 5.54. The van der Waals surface area contributed by atoms with E-state index in [2.05, 4.69) is 12.0 Å². The maximum Gasteiger partial charge on any atom is 0.292 e. The molecule has 2 heterocycles. The van der Waals surface area contributed by atoms with E-state index in [4.69, 9.17) is 26.1 Å². The van der Waals surface area contributed by atoms with Crippen LogP contribution in [-0.4, -0.2) is 37.1 Å². The van der Waals surface area contributed by atoms with Gasteiger partial charge in [0.1, 0.15) is 11.5 Å². The molecule has 0 unspecified atom stereocenters. The quantitative estimate of drug-likeness (QED) is 0.838. The van der Waals surface area contributed by atoms with Gasteiger partial charge < -0.3 is 18.8 Å². The van der Waals surface area contributed by atoms with Crippen molar-refractivity contribution in [2.75, 3.05) is 27.3 Å². The summed E-state index contributed by atoms with van der Waals surface area (Å²) in [6.07, 6.45) is 2.50. The number of benzene rings is 1. The summed E-state index contributed by atoms with van der Waals surface area (Å²) < 4.78 is 18.1. The molecule has 0 aliphatic carbocycles. The zero-order valence-corrected chi connectivity index (χ0v) is 15.2. The van der Waals surface area contributed by atoms with Gasteiger partial charge in [-0.3, -0.25) is 0 Å². The highest BCUT2D eigenvalue weighted by atomic mass is 32.1. The number of nitrogens with zero attached hydrogens (tertiary/aromatic N) is 2. The van der Waals surface area contributed by atoms with Crippen LogP contribution in [0.5, 0.6) is 11.5 Å². The van der Waals surface area contributed by atoms with Gasteiger partial charge in [-0.1, -0.05) is 6.92 Å². The van der Waals surface area contributed by atoms with Gasteiger partial charge in [-0.15, -0.1) is 5.10 Å². The topological polar surface area (TPSA) is 53.9 Å². The largest absolute Gasteiger partial charge is 0.497 e. The Labute approximate surface area is 147 Å². The minimum Gasteiger partial charge on any atom is -0.497 e. The number of piperidine rings is 1. The van der Waals surface area contributed by atoms with E-state index in [1.807, 2.05) is 18.2 Å². The van der Waals surface area contributed by atoms with Crippen LogP contribution < -0.4 is 14.4 Å². The summed E-state index contributed by atoms with van der Waals surface area (Å²) in [5.41, 5.74) is 0.790. The first kappa shape index (κ1) is 17.0. The molecular formula is C17H24N3O3S+. The molecule has 1 fully saturated rings. The van der Waals surface area contributed by atoms with Crippen LogP contribution >= 0.6 is 12.2 Å². The van der Waals surface area contributed by atoms with Crippen molar-refractivity contribution in [2.45, 2.75) is 26.4 Å². The zero-order valence-electron chi connectivity index (χ0n) is 14.4. The number of methoxy groups -OCH3 is 2. The predicted octanol–water partition coefficient (Wildman–Crippen LogP) is 2.16. The first-order valence-corrected chi connectivity index (χ1v) is 8.65. The van der Waals surface area contributed by atoms with Crippen molar-refractivity contribution in [2.24, 2.45) is 5.92 Å². The molecule has 6 nitrogen and oxygen atoms in total. The number of hydrogen-bond donors (Lipinski definition) is 1. The fourth-order valence-corrected chi connectivity index (χ4v) is 3.18. The van der Waals surface area contributed by atoms with Gasteiger partial charge in [0.15, 0.2) is 6.67 Å². The Morgan fingerprint density at radius 1 is 1.21 bits per heavy atom. The van der Waals surface area contributed by atoms with Crippen LogP contribution in [0.25, 0.3) is 11.5 Å². The van der Waals surface area contributed by atoms with Crippen LogP contribution in [-0.2, 0) is 6.67 Å². The lowest BCUT2D eigenvalue weighted by atomic mass is 10.00. The maximum absolute atomic E-state index is 5.70. The maximum atomic E-state index is 5.70. The smallest absolute Gasteiger partial charge is 0.292 e. The van der Waals surface area contributed by atoms with E-state index in [9.17, 15) is 0 Å². The average molecular weight is 350 g/mol. The highest BCUT2D eigenvalue weighted by Gasteiger charge is 2.21. The summed E-state index contributed by atoms with van der Waals surface area (Å²) in [5.74, 6) is 2.69. The van der Waals surface area contributed by atoms with E-state index in [0.29, 0.717) is 22.2 Å². The van der Waals surface area contributed by atoms with E-state index in [1.54, 1.807) is 18.9 Å². The number of quaternary nitrogens is 1. The molecule has 1 aromatic heterocycles. The molecule has 0 bridgehead atoms. The number of rotatable bonds is 5. The van der Waals surface area contributed by atoms with Crippen LogP contribution in [0.4, 0.5) is 0 Å². The minimum absolute atomic E-state index is 0.401. The van der Waals surface area contributed by atoms with E-state index in [0.717, 1.165) is 31.2 Å². The number of aromatic nitrogens is 2. The Morgan fingerprint density at radius 2 is 1.83 bits per heavy atom. The van der Waals surface area contributed by atoms with Crippen LogP contribution in [0.2, 0.25) is 0 Å². The standard InChI is InChI=1S/C17H23N3O3S/c1-12-4-6-19(7-5-12)11-20-17(24)23-16(18-20)13-8-14(21-2)10-15(9-13)22-3/h8-10,12H,4-7,11H2,1-3H3/p+1. The Kier molecular flexibility index (Phi) is 5.20. The van der Waals surface area contributed by atoms with Crippen molar-refractivity contribution in [3.63, 3.8) is 0 Å². The monoisotopic (exact) mass is 350 g/mol. The first-order chi connectivity index (χ1) is 11.6. The second-order valence-electron chi connectivity index (χ2n) is 6.36. The van der Waals surface area contributed by atoms with Gasteiger partial charge in [-0.25, -0.2) is 0 Å². The average Bonchev–Trinajstić information content (AvgIpc) is 2.97. The van der Waals surface area contributed by atoms with Crippen molar-refractivity contribution in [1.29, 1.82) is 0 Å². The summed E-state index contributed by atoms with van der Waals surface area (Å²) >= 11 is 5.34. The number of nitrogens with one attached hydrogen (secondary N) is 1. The first-order valence-electron chi connectivity index (χ1n) is 8.24. The summed E-state index contributed by atoms with van der Waals surface area (Å²) in [7, 11) is 3.24. The van der Waals surface area contributed by atoms with Gasteiger partial charge in [0.25, 0.3) is 4.84 Å². The van der Waals surface area contributed by atoms with E-state index >= 15 is 0 Å².